The molecule has 2 aromatic rings. The third-order valence-electron chi connectivity index (χ3n) is 3.57. The maximum atomic E-state index is 11.7. The number of hydrogen-bond acceptors (Lipinski definition) is 3. The van der Waals surface area contributed by atoms with E-state index in [0.717, 1.165) is 5.56 Å². The maximum absolute atomic E-state index is 11.7. The summed E-state index contributed by atoms with van der Waals surface area (Å²) in [5, 5.41) is 19.5. The van der Waals surface area contributed by atoms with E-state index in [1.807, 2.05) is 42.9 Å². The van der Waals surface area contributed by atoms with Gasteiger partial charge >= 0.3 is 6.03 Å². The van der Waals surface area contributed by atoms with Crippen LogP contribution < -0.4 is 10.6 Å². The van der Waals surface area contributed by atoms with Gasteiger partial charge in [0.1, 0.15) is 0 Å². The number of urea groups is 1. The number of aromatic nitrogens is 2. The summed E-state index contributed by atoms with van der Waals surface area (Å²) >= 11 is 0. The van der Waals surface area contributed by atoms with Crippen molar-refractivity contribution < 1.29 is 9.90 Å². The van der Waals surface area contributed by atoms with Gasteiger partial charge in [0, 0.05) is 24.8 Å². The monoisotopic (exact) mass is 330 g/mol. The molecule has 2 rings (SSSR count). The summed E-state index contributed by atoms with van der Waals surface area (Å²) in [4.78, 5) is 11.7. The summed E-state index contributed by atoms with van der Waals surface area (Å²) in [7, 11) is 0. The van der Waals surface area contributed by atoms with E-state index in [2.05, 4.69) is 27.9 Å². The maximum Gasteiger partial charge on any atom is 0.315 e. The first-order valence-electron chi connectivity index (χ1n) is 8.28. The van der Waals surface area contributed by atoms with Crippen LogP contribution in [0, 0.1) is 5.92 Å². The Hall–Kier alpha value is -2.34. The number of aliphatic hydroxyl groups is 1. The molecule has 0 saturated heterocycles. The average molecular weight is 330 g/mol. The van der Waals surface area contributed by atoms with E-state index >= 15 is 0 Å². The van der Waals surface area contributed by atoms with Crippen LogP contribution in [0.25, 0.3) is 0 Å². The largest absolute Gasteiger partial charge is 0.391 e. The van der Waals surface area contributed by atoms with E-state index < -0.39 is 6.10 Å². The first kappa shape index (κ1) is 18.0. The zero-order valence-electron chi connectivity index (χ0n) is 14.3. The highest BCUT2D eigenvalue weighted by Crippen LogP contribution is 2.04. The lowest BCUT2D eigenvalue weighted by molar-refractivity contribution is 0.147. The van der Waals surface area contributed by atoms with Crippen molar-refractivity contribution in [3.05, 3.63) is 53.9 Å². The molecule has 0 radical (unpaired) electrons. The molecular weight excluding hydrogens is 304 g/mol. The Kier molecular flexibility index (Phi) is 6.81. The number of hydrogen-bond donors (Lipinski definition) is 3. The SMILES string of the molecule is CC(C)CC(O)CNC(=O)NCc1cnn(Cc2ccccc2)c1. The second-order valence-corrected chi connectivity index (χ2v) is 6.38. The molecule has 6 heteroatoms. The van der Waals surface area contributed by atoms with Gasteiger partial charge in [-0.15, -0.1) is 0 Å². The van der Waals surface area contributed by atoms with Gasteiger partial charge in [-0.05, 0) is 17.9 Å². The lowest BCUT2D eigenvalue weighted by Crippen LogP contribution is -2.39. The molecule has 24 heavy (non-hydrogen) atoms. The third kappa shape index (κ3) is 6.42. The summed E-state index contributed by atoms with van der Waals surface area (Å²) in [6, 6.07) is 9.80. The number of aliphatic hydroxyl groups excluding tert-OH is 1. The fourth-order valence-corrected chi connectivity index (χ4v) is 2.44. The van der Waals surface area contributed by atoms with Gasteiger partial charge < -0.3 is 15.7 Å². The Labute approximate surface area is 142 Å². The predicted molar refractivity (Wildman–Crippen MR) is 93.5 cm³/mol. The van der Waals surface area contributed by atoms with E-state index in [4.69, 9.17) is 0 Å². The molecule has 0 aliphatic carbocycles. The molecule has 1 aromatic carbocycles. The van der Waals surface area contributed by atoms with E-state index in [1.165, 1.54) is 5.56 Å². The zero-order chi connectivity index (χ0) is 17.4. The molecule has 130 valence electrons. The number of benzene rings is 1. The number of carbonyl (C=O) groups is 1. The Morgan fingerprint density at radius 3 is 2.67 bits per heavy atom. The molecule has 0 saturated carbocycles. The zero-order valence-corrected chi connectivity index (χ0v) is 14.3. The highest BCUT2D eigenvalue weighted by atomic mass is 16.3. The number of nitrogens with one attached hydrogen (secondary N) is 2. The Bertz CT molecular complexity index is 625. The van der Waals surface area contributed by atoms with E-state index in [1.54, 1.807) is 6.20 Å². The third-order valence-corrected chi connectivity index (χ3v) is 3.57. The molecule has 0 bridgehead atoms. The molecule has 1 heterocycles. The second kappa shape index (κ2) is 9.08. The molecule has 6 nitrogen and oxygen atoms in total. The van der Waals surface area contributed by atoms with Crippen LogP contribution in [0.1, 0.15) is 31.4 Å². The number of amides is 2. The molecule has 2 amide bonds. The van der Waals surface area contributed by atoms with Crippen molar-refractivity contribution in [1.82, 2.24) is 20.4 Å². The van der Waals surface area contributed by atoms with Crippen molar-refractivity contribution in [2.75, 3.05) is 6.54 Å². The van der Waals surface area contributed by atoms with Crippen molar-refractivity contribution in [3.63, 3.8) is 0 Å². The minimum atomic E-state index is -0.510. The smallest absolute Gasteiger partial charge is 0.315 e. The Morgan fingerprint density at radius 1 is 1.21 bits per heavy atom. The molecule has 1 unspecified atom stereocenters. The fourth-order valence-electron chi connectivity index (χ4n) is 2.44. The summed E-state index contributed by atoms with van der Waals surface area (Å²) in [5.74, 6) is 0.403. The number of rotatable bonds is 8. The molecule has 1 atom stereocenters. The summed E-state index contributed by atoms with van der Waals surface area (Å²) < 4.78 is 1.84. The van der Waals surface area contributed by atoms with Gasteiger partial charge in [-0.2, -0.15) is 5.10 Å². The molecule has 1 aromatic heterocycles. The van der Waals surface area contributed by atoms with Gasteiger partial charge in [0.05, 0.1) is 18.8 Å². The van der Waals surface area contributed by atoms with Crippen LogP contribution >= 0.6 is 0 Å². The lowest BCUT2D eigenvalue weighted by Gasteiger charge is -2.14. The topological polar surface area (TPSA) is 79.2 Å². The van der Waals surface area contributed by atoms with Crippen LogP contribution in [0.5, 0.6) is 0 Å². The van der Waals surface area contributed by atoms with Gasteiger partial charge in [0.25, 0.3) is 0 Å². The first-order valence-corrected chi connectivity index (χ1v) is 8.28. The van der Waals surface area contributed by atoms with Crippen LogP contribution in [0.15, 0.2) is 42.7 Å². The Balaban J connectivity index is 1.71. The molecule has 3 N–H and O–H groups in total. The highest BCUT2D eigenvalue weighted by molar-refractivity contribution is 5.73. The molecule has 0 aliphatic rings. The van der Waals surface area contributed by atoms with Gasteiger partial charge in [-0.1, -0.05) is 44.2 Å². The minimum absolute atomic E-state index is 0.261. The average Bonchev–Trinajstić information content (AvgIpc) is 2.99. The molecular formula is C18H26N4O2. The van der Waals surface area contributed by atoms with E-state index in [-0.39, 0.29) is 12.6 Å². The standard InChI is InChI=1S/C18H26N4O2/c1-14(2)8-17(23)11-20-18(24)19-9-16-10-21-22(13-16)12-15-6-4-3-5-7-15/h3-7,10,13-14,17,23H,8-9,11-12H2,1-2H3,(H2,19,20,24). The quantitative estimate of drug-likeness (QED) is 0.694. The van der Waals surface area contributed by atoms with Gasteiger partial charge in [-0.3, -0.25) is 4.68 Å². The van der Waals surface area contributed by atoms with Gasteiger partial charge in [-0.25, -0.2) is 4.79 Å². The summed E-state index contributed by atoms with van der Waals surface area (Å²) in [6.45, 7) is 5.44. The molecule has 0 fully saturated rings. The van der Waals surface area contributed by atoms with Crippen molar-refractivity contribution in [2.45, 2.75) is 39.5 Å². The fraction of sp³-hybridized carbons (Fsp3) is 0.444. The van der Waals surface area contributed by atoms with Crippen molar-refractivity contribution in [1.29, 1.82) is 0 Å². The van der Waals surface area contributed by atoms with Gasteiger partial charge in [0.15, 0.2) is 0 Å². The van der Waals surface area contributed by atoms with E-state index in [9.17, 15) is 9.90 Å². The summed E-state index contributed by atoms with van der Waals surface area (Å²) in [5.41, 5.74) is 2.11. The van der Waals surface area contributed by atoms with Crippen LogP contribution in [-0.4, -0.2) is 33.6 Å². The van der Waals surface area contributed by atoms with E-state index in [0.29, 0.717) is 25.4 Å². The second-order valence-electron chi connectivity index (χ2n) is 6.38. The van der Waals surface area contributed by atoms with Crippen LogP contribution in [0.4, 0.5) is 4.79 Å². The normalized spacial score (nSPS) is 12.2. The summed E-state index contributed by atoms with van der Waals surface area (Å²) in [6.07, 6.45) is 3.83. The van der Waals surface area contributed by atoms with Crippen molar-refractivity contribution >= 4 is 6.03 Å². The predicted octanol–water partition coefficient (Wildman–Crippen LogP) is 2.14. The van der Waals surface area contributed by atoms with Crippen LogP contribution in [-0.2, 0) is 13.1 Å². The molecule has 0 spiro atoms. The van der Waals surface area contributed by atoms with Crippen LogP contribution in [0.2, 0.25) is 0 Å². The Morgan fingerprint density at radius 2 is 1.96 bits per heavy atom. The first-order chi connectivity index (χ1) is 11.5. The highest BCUT2D eigenvalue weighted by Gasteiger charge is 2.09. The lowest BCUT2D eigenvalue weighted by atomic mass is 10.1. The van der Waals surface area contributed by atoms with Gasteiger partial charge in [0.2, 0.25) is 0 Å². The number of carbonyl (C=O) groups excluding carboxylic acids is 1. The molecule has 0 aliphatic heterocycles. The van der Waals surface area contributed by atoms with Crippen molar-refractivity contribution in [3.8, 4) is 0 Å². The van der Waals surface area contributed by atoms with Crippen molar-refractivity contribution in [2.24, 2.45) is 5.92 Å². The number of nitrogens with zero attached hydrogens (tertiary/aromatic N) is 2. The van der Waals surface area contributed by atoms with Crippen LogP contribution in [0.3, 0.4) is 0 Å². The minimum Gasteiger partial charge on any atom is -0.391 e.